The minimum atomic E-state index is -0.232. The summed E-state index contributed by atoms with van der Waals surface area (Å²) in [5, 5.41) is 4.03. The van der Waals surface area contributed by atoms with E-state index >= 15 is 0 Å². The molecule has 1 fully saturated rings. The number of para-hydroxylation sites is 1. The highest BCUT2D eigenvalue weighted by Gasteiger charge is 2.38. The zero-order chi connectivity index (χ0) is 17.3. The van der Waals surface area contributed by atoms with Crippen molar-refractivity contribution < 1.29 is 9.59 Å². The van der Waals surface area contributed by atoms with Gasteiger partial charge in [0.05, 0.1) is 0 Å². The molecule has 5 nitrogen and oxygen atoms in total. The Balaban J connectivity index is 2.02. The van der Waals surface area contributed by atoms with Crippen molar-refractivity contribution in [3.8, 4) is 0 Å². The minimum absolute atomic E-state index is 0.204. The smallest absolute Gasteiger partial charge is 0.278 e. The van der Waals surface area contributed by atoms with Gasteiger partial charge in [0.1, 0.15) is 5.57 Å². The van der Waals surface area contributed by atoms with Crippen LogP contribution in [0.5, 0.6) is 0 Å². The number of nitrogens with zero attached hydrogens (tertiary/aromatic N) is 3. The van der Waals surface area contributed by atoms with Crippen molar-refractivity contribution in [3.63, 3.8) is 0 Å². The Morgan fingerprint density at radius 2 is 1.83 bits per heavy atom. The highest BCUT2D eigenvalue weighted by atomic mass is 16.2. The van der Waals surface area contributed by atoms with Crippen molar-refractivity contribution in [2.45, 2.75) is 33.2 Å². The lowest BCUT2D eigenvalue weighted by molar-refractivity contribution is -0.143. The maximum absolute atomic E-state index is 12.6. The van der Waals surface area contributed by atoms with Crippen LogP contribution in [-0.4, -0.2) is 40.0 Å². The number of aryl methyl sites for hydroxylation is 1. The maximum atomic E-state index is 12.6. The van der Waals surface area contributed by atoms with Gasteiger partial charge in [0, 0.05) is 42.8 Å². The molecule has 24 heavy (non-hydrogen) atoms. The number of amides is 2. The summed E-state index contributed by atoms with van der Waals surface area (Å²) in [6, 6.07) is 8.05. The minimum Gasteiger partial charge on any atom is -0.347 e. The van der Waals surface area contributed by atoms with E-state index in [2.05, 4.69) is 24.5 Å². The Morgan fingerprint density at radius 1 is 1.08 bits per heavy atom. The number of carbonyl (C=O) groups is 2. The van der Waals surface area contributed by atoms with Gasteiger partial charge in [-0.25, -0.2) is 5.01 Å². The molecule has 0 bridgehead atoms. The molecule has 5 heteroatoms. The highest BCUT2D eigenvalue weighted by Crippen LogP contribution is 2.27. The summed E-state index contributed by atoms with van der Waals surface area (Å²) in [5.41, 5.74) is 2.27. The van der Waals surface area contributed by atoms with Crippen LogP contribution in [0, 0.1) is 0 Å². The molecule has 1 aromatic carbocycles. The molecular formula is C19H23N3O2. The molecule has 2 heterocycles. The number of benzene rings is 1. The molecule has 2 amide bonds. The van der Waals surface area contributed by atoms with Crippen LogP contribution in [0.2, 0.25) is 0 Å². The van der Waals surface area contributed by atoms with Gasteiger partial charge in [0.2, 0.25) is 0 Å². The highest BCUT2D eigenvalue weighted by molar-refractivity contribution is 6.25. The molecule has 0 unspecified atom stereocenters. The van der Waals surface area contributed by atoms with E-state index in [9.17, 15) is 9.59 Å². The second-order valence-corrected chi connectivity index (χ2v) is 6.06. The zero-order valence-electron chi connectivity index (χ0n) is 14.5. The zero-order valence-corrected chi connectivity index (χ0v) is 14.5. The van der Waals surface area contributed by atoms with Gasteiger partial charge in [-0.2, -0.15) is 0 Å². The number of unbranched alkanes of at least 4 members (excludes halogenated alkanes) is 1. The van der Waals surface area contributed by atoms with Crippen LogP contribution < -0.4 is 0 Å². The third-order valence-electron chi connectivity index (χ3n) is 4.53. The number of hydrazine groups is 1. The first-order chi connectivity index (χ1) is 11.6. The van der Waals surface area contributed by atoms with Crippen LogP contribution in [0.1, 0.15) is 32.3 Å². The maximum Gasteiger partial charge on any atom is 0.278 e. The lowest BCUT2D eigenvalue weighted by Gasteiger charge is -2.22. The van der Waals surface area contributed by atoms with Gasteiger partial charge in [-0.1, -0.05) is 31.5 Å². The van der Waals surface area contributed by atoms with Gasteiger partial charge >= 0.3 is 0 Å². The van der Waals surface area contributed by atoms with Crippen LogP contribution in [0.25, 0.3) is 17.0 Å². The van der Waals surface area contributed by atoms with Gasteiger partial charge in [-0.05, 0) is 25.5 Å². The summed E-state index contributed by atoms with van der Waals surface area (Å²) >= 11 is 0. The van der Waals surface area contributed by atoms with Gasteiger partial charge < -0.3 is 4.57 Å². The quantitative estimate of drug-likeness (QED) is 0.626. The summed E-state index contributed by atoms with van der Waals surface area (Å²) in [5.74, 6) is -0.436. The first-order valence-corrected chi connectivity index (χ1v) is 8.47. The molecule has 2 aromatic rings. The fourth-order valence-corrected chi connectivity index (χ4v) is 3.14. The molecule has 1 aliphatic heterocycles. The van der Waals surface area contributed by atoms with Gasteiger partial charge in [-0.15, -0.1) is 0 Å². The number of fused-ring (bicyclic) bond motifs is 1. The molecule has 0 saturated carbocycles. The molecule has 0 spiro atoms. The van der Waals surface area contributed by atoms with E-state index in [1.807, 2.05) is 24.4 Å². The molecule has 0 N–H and O–H groups in total. The van der Waals surface area contributed by atoms with E-state index in [0.717, 1.165) is 35.9 Å². The second-order valence-electron chi connectivity index (χ2n) is 6.06. The van der Waals surface area contributed by atoms with Gasteiger partial charge in [0.25, 0.3) is 11.8 Å². The third kappa shape index (κ3) is 2.60. The average Bonchev–Trinajstić information content (AvgIpc) is 3.05. The average molecular weight is 325 g/mol. The Labute approximate surface area is 142 Å². The van der Waals surface area contributed by atoms with Crippen LogP contribution >= 0.6 is 0 Å². The van der Waals surface area contributed by atoms with E-state index in [-0.39, 0.29) is 17.4 Å². The van der Waals surface area contributed by atoms with Crippen molar-refractivity contribution in [2.75, 3.05) is 13.6 Å². The van der Waals surface area contributed by atoms with E-state index in [1.165, 1.54) is 10.0 Å². The predicted octanol–water partition coefficient (Wildman–Crippen LogP) is 3.06. The number of carbonyl (C=O) groups excluding carboxylic acids is 2. The van der Waals surface area contributed by atoms with Crippen LogP contribution in [-0.2, 0) is 16.1 Å². The SMILES string of the molecule is CCCCN1C(=O)/C(=C\c2cn(CC)c3ccccc23)C(=O)N1C. The fourth-order valence-electron chi connectivity index (χ4n) is 3.14. The predicted molar refractivity (Wildman–Crippen MR) is 95.0 cm³/mol. The third-order valence-corrected chi connectivity index (χ3v) is 4.53. The van der Waals surface area contributed by atoms with Crippen molar-refractivity contribution in [3.05, 3.63) is 41.6 Å². The van der Waals surface area contributed by atoms with Gasteiger partial charge in [-0.3, -0.25) is 14.6 Å². The van der Waals surface area contributed by atoms with Crippen molar-refractivity contribution >= 4 is 28.8 Å². The summed E-state index contributed by atoms with van der Waals surface area (Å²) in [7, 11) is 1.66. The van der Waals surface area contributed by atoms with Crippen molar-refractivity contribution in [1.29, 1.82) is 0 Å². The van der Waals surface area contributed by atoms with Crippen molar-refractivity contribution in [2.24, 2.45) is 0 Å². The largest absolute Gasteiger partial charge is 0.347 e. The lowest BCUT2D eigenvalue weighted by Crippen LogP contribution is -2.38. The Kier molecular flexibility index (Phi) is 4.42. The first kappa shape index (κ1) is 16.3. The molecule has 126 valence electrons. The fraction of sp³-hybridized carbons (Fsp3) is 0.368. The van der Waals surface area contributed by atoms with Crippen LogP contribution in [0.3, 0.4) is 0 Å². The Bertz CT molecular complexity index is 819. The van der Waals surface area contributed by atoms with E-state index < -0.39 is 0 Å². The lowest BCUT2D eigenvalue weighted by atomic mass is 10.1. The summed E-state index contributed by atoms with van der Waals surface area (Å²) in [6.45, 7) is 5.56. The summed E-state index contributed by atoms with van der Waals surface area (Å²) < 4.78 is 2.13. The van der Waals surface area contributed by atoms with E-state index in [4.69, 9.17) is 0 Å². The molecule has 3 rings (SSSR count). The molecule has 0 atom stereocenters. The van der Waals surface area contributed by atoms with Crippen LogP contribution in [0.4, 0.5) is 0 Å². The van der Waals surface area contributed by atoms with E-state index in [1.54, 1.807) is 13.1 Å². The van der Waals surface area contributed by atoms with Crippen molar-refractivity contribution in [1.82, 2.24) is 14.6 Å². The first-order valence-electron chi connectivity index (χ1n) is 8.47. The number of rotatable bonds is 5. The summed E-state index contributed by atoms with van der Waals surface area (Å²) in [4.78, 5) is 25.1. The number of aromatic nitrogens is 1. The molecule has 0 radical (unpaired) electrons. The summed E-state index contributed by atoms with van der Waals surface area (Å²) in [6.07, 6.45) is 5.61. The molecular weight excluding hydrogens is 302 g/mol. The van der Waals surface area contributed by atoms with Gasteiger partial charge in [0.15, 0.2) is 0 Å². The second kappa shape index (κ2) is 6.51. The number of hydrogen-bond donors (Lipinski definition) is 0. The molecule has 0 aliphatic carbocycles. The number of likely N-dealkylation sites (N-methyl/N-ethyl adjacent to an activating group) is 1. The standard InChI is InChI=1S/C19H23N3O2/c1-4-6-11-22-19(24)16(18(23)20(22)3)12-14-13-21(5-2)17-10-8-7-9-15(14)17/h7-10,12-13H,4-6,11H2,1-3H3/b16-12-. The monoisotopic (exact) mass is 325 g/mol. The van der Waals surface area contributed by atoms with Crippen LogP contribution in [0.15, 0.2) is 36.0 Å². The topological polar surface area (TPSA) is 45.6 Å². The normalized spacial score (nSPS) is 16.9. The molecule has 1 saturated heterocycles. The Morgan fingerprint density at radius 3 is 2.54 bits per heavy atom. The molecule has 1 aliphatic rings. The van der Waals surface area contributed by atoms with E-state index in [0.29, 0.717) is 6.54 Å². The molecule has 1 aromatic heterocycles. The Hall–Kier alpha value is -2.56. The number of hydrogen-bond acceptors (Lipinski definition) is 2.